The lowest BCUT2D eigenvalue weighted by atomic mass is 9.78. The number of aromatic nitrogens is 1. The smallest absolute Gasteiger partial charge is 0.327 e. The molecule has 1 aromatic heterocycles. The number of fused-ring (bicyclic) bond motifs is 4. The molecule has 4 heterocycles. The number of amides is 2. The molecule has 7 rings (SSSR count). The third-order valence-electron chi connectivity index (χ3n) is 8.51. The van der Waals surface area contributed by atoms with Crippen LogP contribution in [-0.2, 0) is 25.7 Å². The molecule has 3 saturated heterocycles. The van der Waals surface area contributed by atoms with Crippen LogP contribution >= 0.6 is 0 Å². The van der Waals surface area contributed by atoms with E-state index in [1.165, 1.54) is 4.90 Å². The van der Waals surface area contributed by atoms with Gasteiger partial charge in [-0.2, -0.15) is 0 Å². The van der Waals surface area contributed by atoms with Crippen LogP contribution in [0.3, 0.4) is 0 Å². The van der Waals surface area contributed by atoms with E-state index in [9.17, 15) is 14.4 Å². The van der Waals surface area contributed by atoms with Gasteiger partial charge < -0.3 is 4.74 Å². The summed E-state index contributed by atoms with van der Waals surface area (Å²) >= 11 is 0. The van der Waals surface area contributed by atoms with Gasteiger partial charge in [-0.1, -0.05) is 72.8 Å². The quantitative estimate of drug-likeness (QED) is 0.283. The molecule has 0 N–H and O–H groups in total. The van der Waals surface area contributed by atoms with Crippen LogP contribution in [0, 0.1) is 11.8 Å². The Morgan fingerprint density at radius 1 is 0.872 bits per heavy atom. The minimum atomic E-state index is -1.23. The van der Waals surface area contributed by atoms with Crippen molar-refractivity contribution in [2.75, 3.05) is 11.4 Å². The summed E-state index contributed by atoms with van der Waals surface area (Å²) in [5, 5.41) is 0.991. The van der Waals surface area contributed by atoms with Crippen LogP contribution in [0.15, 0.2) is 97.1 Å². The zero-order valence-electron chi connectivity index (χ0n) is 21.3. The first kappa shape index (κ1) is 23.7. The van der Waals surface area contributed by atoms with Crippen molar-refractivity contribution in [3.63, 3.8) is 0 Å². The SMILES string of the molecule is O=C1[C@H]2[C@@H](C(=O)N1c1ccccc1)[C@@]1(C(=O)OCc3ccccc3)CCCN1[C@H]2c1ccc2ccccc2n1. The number of esters is 1. The third kappa shape index (κ3) is 3.53. The molecule has 0 saturated carbocycles. The van der Waals surface area contributed by atoms with Crippen LogP contribution in [0.4, 0.5) is 5.69 Å². The lowest BCUT2D eigenvalue weighted by molar-refractivity contribution is -0.161. The van der Waals surface area contributed by atoms with Crippen LogP contribution < -0.4 is 4.90 Å². The number of imide groups is 1. The van der Waals surface area contributed by atoms with Gasteiger partial charge in [-0.3, -0.25) is 24.3 Å². The Balaban J connectivity index is 1.34. The minimum Gasteiger partial charge on any atom is -0.459 e. The number of hydrogen-bond donors (Lipinski definition) is 0. The summed E-state index contributed by atoms with van der Waals surface area (Å²) in [6, 6.07) is 29.7. The maximum Gasteiger partial charge on any atom is 0.327 e. The summed E-state index contributed by atoms with van der Waals surface area (Å²) in [5.74, 6) is -2.67. The second-order valence-electron chi connectivity index (χ2n) is 10.5. The monoisotopic (exact) mass is 517 g/mol. The number of hydrogen-bond acceptors (Lipinski definition) is 6. The van der Waals surface area contributed by atoms with Crippen LogP contribution in [0.2, 0.25) is 0 Å². The molecule has 3 aliphatic heterocycles. The van der Waals surface area contributed by atoms with Gasteiger partial charge in [0.2, 0.25) is 11.8 Å². The number of rotatable bonds is 5. The van der Waals surface area contributed by atoms with Crippen molar-refractivity contribution in [3.05, 3.63) is 108 Å². The highest BCUT2D eigenvalue weighted by Crippen LogP contribution is 2.59. The Bertz CT molecular complexity index is 1590. The zero-order chi connectivity index (χ0) is 26.6. The number of carbonyl (C=O) groups excluding carboxylic acids is 3. The van der Waals surface area contributed by atoms with Crippen molar-refractivity contribution >= 4 is 34.4 Å². The summed E-state index contributed by atoms with van der Waals surface area (Å²) in [6.07, 6.45) is 1.17. The molecule has 7 nitrogen and oxygen atoms in total. The third-order valence-corrected chi connectivity index (χ3v) is 8.51. The highest BCUT2D eigenvalue weighted by Gasteiger charge is 2.74. The summed E-state index contributed by atoms with van der Waals surface area (Å²) in [4.78, 5) is 50.6. The molecule has 3 fully saturated rings. The summed E-state index contributed by atoms with van der Waals surface area (Å²) in [5.41, 5.74) is 1.66. The number of ether oxygens (including phenoxy) is 1. The molecular weight excluding hydrogens is 490 g/mol. The van der Waals surface area contributed by atoms with E-state index in [0.717, 1.165) is 22.9 Å². The van der Waals surface area contributed by atoms with E-state index in [1.54, 1.807) is 24.3 Å². The van der Waals surface area contributed by atoms with E-state index < -0.39 is 29.4 Å². The van der Waals surface area contributed by atoms with Crippen molar-refractivity contribution in [1.29, 1.82) is 0 Å². The van der Waals surface area contributed by atoms with E-state index in [1.807, 2.05) is 77.7 Å². The molecule has 194 valence electrons. The average Bonchev–Trinajstić information content (AvgIpc) is 3.61. The van der Waals surface area contributed by atoms with Gasteiger partial charge in [-0.25, -0.2) is 4.90 Å². The molecule has 39 heavy (non-hydrogen) atoms. The normalized spacial score (nSPS) is 26.2. The molecule has 3 aromatic carbocycles. The lowest BCUT2D eigenvalue weighted by Gasteiger charge is -2.36. The van der Waals surface area contributed by atoms with Crippen LogP contribution in [-0.4, -0.2) is 39.8 Å². The topological polar surface area (TPSA) is 79.8 Å². The summed E-state index contributed by atoms with van der Waals surface area (Å²) in [6.45, 7) is 0.689. The van der Waals surface area contributed by atoms with Gasteiger partial charge in [0.1, 0.15) is 12.1 Å². The maximum absolute atomic E-state index is 14.2. The van der Waals surface area contributed by atoms with E-state index in [-0.39, 0.29) is 18.4 Å². The molecule has 7 heteroatoms. The van der Waals surface area contributed by atoms with E-state index in [2.05, 4.69) is 0 Å². The highest BCUT2D eigenvalue weighted by atomic mass is 16.5. The van der Waals surface area contributed by atoms with E-state index in [4.69, 9.17) is 9.72 Å². The minimum absolute atomic E-state index is 0.107. The van der Waals surface area contributed by atoms with E-state index >= 15 is 0 Å². The number of anilines is 1. The predicted molar refractivity (Wildman–Crippen MR) is 145 cm³/mol. The fourth-order valence-electron chi connectivity index (χ4n) is 6.90. The number of benzene rings is 3. The number of carbonyl (C=O) groups is 3. The Morgan fingerprint density at radius 3 is 2.38 bits per heavy atom. The van der Waals surface area contributed by atoms with Crippen molar-refractivity contribution in [1.82, 2.24) is 9.88 Å². The Hall–Kier alpha value is -4.36. The van der Waals surface area contributed by atoms with Crippen molar-refractivity contribution < 1.29 is 19.1 Å². The fourth-order valence-corrected chi connectivity index (χ4v) is 6.90. The molecule has 0 bridgehead atoms. The lowest BCUT2D eigenvalue weighted by Crippen LogP contribution is -2.54. The number of pyridine rings is 1. The van der Waals surface area contributed by atoms with Gasteiger partial charge in [0.15, 0.2) is 0 Å². The fraction of sp³-hybridized carbons (Fsp3) is 0.250. The van der Waals surface area contributed by atoms with Gasteiger partial charge in [0, 0.05) is 11.9 Å². The van der Waals surface area contributed by atoms with Gasteiger partial charge in [-0.05, 0) is 42.7 Å². The first-order chi connectivity index (χ1) is 19.1. The number of nitrogens with zero attached hydrogens (tertiary/aromatic N) is 3. The predicted octanol–water partition coefficient (Wildman–Crippen LogP) is 4.67. The number of para-hydroxylation sites is 2. The Kier molecular flexibility index (Phi) is 5.56. The largest absolute Gasteiger partial charge is 0.459 e. The summed E-state index contributed by atoms with van der Waals surface area (Å²) < 4.78 is 5.92. The average molecular weight is 518 g/mol. The molecule has 0 unspecified atom stereocenters. The molecule has 4 aromatic rings. The molecule has 2 amide bonds. The first-order valence-corrected chi connectivity index (χ1v) is 13.4. The Labute approximate surface area is 226 Å². The van der Waals surface area contributed by atoms with Gasteiger partial charge in [0.05, 0.1) is 34.8 Å². The zero-order valence-corrected chi connectivity index (χ0v) is 21.3. The van der Waals surface area contributed by atoms with Crippen molar-refractivity contribution in [3.8, 4) is 0 Å². The van der Waals surface area contributed by atoms with Gasteiger partial charge in [-0.15, -0.1) is 0 Å². The van der Waals surface area contributed by atoms with Crippen LogP contribution in [0.1, 0.15) is 30.1 Å². The van der Waals surface area contributed by atoms with Gasteiger partial charge >= 0.3 is 5.97 Å². The van der Waals surface area contributed by atoms with Crippen LogP contribution in [0.25, 0.3) is 10.9 Å². The standard InChI is InChI=1S/C32H27N3O4/c36-29-26-27(30(37)35(29)23-13-5-2-6-14-23)32(31(38)39-20-21-10-3-1-4-11-21)18-9-19-34(32)28(26)25-17-16-22-12-7-8-15-24(22)33-25/h1-8,10-17,26-28H,9,18-20H2/t26-,27-,28-,32+/m0/s1. The first-order valence-electron chi connectivity index (χ1n) is 13.4. The van der Waals surface area contributed by atoms with Gasteiger partial charge in [0.25, 0.3) is 0 Å². The van der Waals surface area contributed by atoms with Crippen molar-refractivity contribution in [2.24, 2.45) is 11.8 Å². The molecule has 0 spiro atoms. The van der Waals surface area contributed by atoms with Crippen molar-refractivity contribution in [2.45, 2.75) is 31.0 Å². The molecule has 4 atom stereocenters. The Morgan fingerprint density at radius 2 is 1.59 bits per heavy atom. The molecule has 0 radical (unpaired) electrons. The second kappa shape index (κ2) is 9.13. The van der Waals surface area contributed by atoms with Crippen LogP contribution in [0.5, 0.6) is 0 Å². The second-order valence-corrected chi connectivity index (χ2v) is 10.5. The highest BCUT2D eigenvalue weighted by molar-refractivity contribution is 6.24. The maximum atomic E-state index is 14.2. The molecule has 3 aliphatic rings. The summed E-state index contributed by atoms with van der Waals surface area (Å²) in [7, 11) is 0. The molecular formula is C32H27N3O4. The van der Waals surface area contributed by atoms with E-state index in [0.29, 0.717) is 24.3 Å². The molecule has 0 aliphatic carbocycles.